The maximum absolute atomic E-state index is 11.6. The average molecular weight is 486 g/mol. The molecule has 0 saturated heterocycles. The molecule has 1 aliphatic rings. The number of unbranched alkanes of at least 4 members (excludes halogenated alkanes) is 3. The lowest BCUT2D eigenvalue weighted by Crippen LogP contribution is -2.33. The lowest BCUT2D eigenvalue weighted by Gasteiger charge is -2.33. The minimum absolute atomic E-state index is 0.0836. The van der Waals surface area contributed by atoms with Crippen molar-refractivity contribution in [2.45, 2.75) is 72.1 Å². The number of rotatable bonds is 10. The lowest BCUT2D eigenvalue weighted by molar-refractivity contribution is -0.143. The summed E-state index contributed by atoms with van der Waals surface area (Å²) in [5.41, 5.74) is 7.70. The van der Waals surface area contributed by atoms with E-state index in [1.807, 2.05) is 6.92 Å². The number of anilines is 1. The van der Waals surface area contributed by atoms with Gasteiger partial charge >= 0.3 is 5.97 Å². The summed E-state index contributed by atoms with van der Waals surface area (Å²) < 4.78 is 5.03. The van der Waals surface area contributed by atoms with Crippen LogP contribution in [-0.4, -0.2) is 35.6 Å². The maximum Gasteiger partial charge on any atom is 0.305 e. The Morgan fingerprint density at radius 3 is 2.08 bits per heavy atom. The van der Waals surface area contributed by atoms with Crippen molar-refractivity contribution in [3.8, 4) is 22.5 Å². The topological polar surface area (TPSA) is 55.3 Å². The first-order valence-corrected chi connectivity index (χ1v) is 13.4. The van der Waals surface area contributed by atoms with E-state index in [1.54, 1.807) is 0 Å². The molecule has 1 atom stereocenters. The zero-order valence-electron chi connectivity index (χ0n) is 22.2. The third kappa shape index (κ3) is 6.31. The standard InChI is InChI=1S/C31H39N3O2/c1-5-36-27(35)10-8-6-7-9-20-34-21-19-24(4)28-31(34)33-30(26-17-13-23(3)14-18-26)29(32-28)25-15-11-22(2)12-16-25/h11-18,24H,5-10,19-21H2,1-4H3. The van der Waals surface area contributed by atoms with Crippen LogP contribution in [0.5, 0.6) is 0 Å². The van der Waals surface area contributed by atoms with Crippen molar-refractivity contribution < 1.29 is 9.53 Å². The van der Waals surface area contributed by atoms with Crippen LogP contribution in [0.3, 0.4) is 0 Å². The zero-order valence-corrected chi connectivity index (χ0v) is 22.2. The Labute approximate surface area is 215 Å². The molecule has 0 bridgehead atoms. The molecule has 1 aliphatic heterocycles. The molecule has 1 unspecified atom stereocenters. The number of carbonyl (C=O) groups excluding carboxylic acids is 1. The quantitative estimate of drug-likeness (QED) is 0.223. The van der Waals surface area contributed by atoms with E-state index in [0.717, 1.165) is 79.2 Å². The number of fused-ring (bicyclic) bond motifs is 1. The van der Waals surface area contributed by atoms with Crippen molar-refractivity contribution >= 4 is 11.8 Å². The van der Waals surface area contributed by atoms with Crippen LogP contribution in [-0.2, 0) is 9.53 Å². The molecule has 1 aromatic heterocycles. The molecule has 3 aromatic rings. The van der Waals surface area contributed by atoms with E-state index in [2.05, 4.69) is 74.2 Å². The minimum Gasteiger partial charge on any atom is -0.466 e. The maximum atomic E-state index is 11.6. The highest BCUT2D eigenvalue weighted by Crippen LogP contribution is 2.38. The van der Waals surface area contributed by atoms with Crippen molar-refractivity contribution in [3.05, 3.63) is 65.4 Å². The van der Waals surface area contributed by atoms with E-state index in [0.29, 0.717) is 18.9 Å². The fourth-order valence-electron chi connectivity index (χ4n) is 4.80. The second-order valence-corrected chi connectivity index (χ2v) is 10.0. The van der Waals surface area contributed by atoms with Crippen LogP contribution in [0.2, 0.25) is 0 Å². The molecule has 0 aliphatic carbocycles. The first-order valence-electron chi connectivity index (χ1n) is 13.4. The predicted octanol–water partition coefficient (Wildman–Crippen LogP) is 7.25. The van der Waals surface area contributed by atoms with Gasteiger partial charge < -0.3 is 9.64 Å². The summed E-state index contributed by atoms with van der Waals surface area (Å²) in [4.78, 5) is 24.6. The number of aromatic nitrogens is 2. The van der Waals surface area contributed by atoms with Gasteiger partial charge in [0.15, 0.2) is 5.82 Å². The van der Waals surface area contributed by atoms with Crippen molar-refractivity contribution in [2.75, 3.05) is 24.6 Å². The normalized spacial score (nSPS) is 15.0. The van der Waals surface area contributed by atoms with E-state index in [-0.39, 0.29) is 5.97 Å². The number of carbonyl (C=O) groups is 1. The molecular weight excluding hydrogens is 446 g/mol. The number of ether oxygens (including phenoxy) is 1. The van der Waals surface area contributed by atoms with Gasteiger partial charge in [0, 0.05) is 36.6 Å². The number of nitrogens with zero attached hydrogens (tertiary/aromatic N) is 3. The summed E-state index contributed by atoms with van der Waals surface area (Å²) in [5, 5.41) is 0. The van der Waals surface area contributed by atoms with Crippen LogP contribution in [0.15, 0.2) is 48.5 Å². The molecule has 2 heterocycles. The third-order valence-corrected chi connectivity index (χ3v) is 7.02. The molecule has 5 nitrogen and oxygen atoms in total. The SMILES string of the molecule is CCOC(=O)CCCCCCN1CCC(C)c2nc(-c3ccc(C)cc3)c(-c3ccc(C)cc3)nc21. The number of benzene rings is 2. The van der Waals surface area contributed by atoms with Gasteiger partial charge in [0.05, 0.1) is 23.7 Å². The molecule has 0 saturated carbocycles. The van der Waals surface area contributed by atoms with Gasteiger partial charge in [-0.1, -0.05) is 79.4 Å². The van der Waals surface area contributed by atoms with Gasteiger partial charge in [-0.25, -0.2) is 9.97 Å². The molecule has 2 aromatic carbocycles. The first-order chi connectivity index (χ1) is 17.5. The van der Waals surface area contributed by atoms with Crippen LogP contribution in [0.4, 0.5) is 5.82 Å². The largest absolute Gasteiger partial charge is 0.466 e. The van der Waals surface area contributed by atoms with Gasteiger partial charge in [-0.3, -0.25) is 4.79 Å². The summed E-state index contributed by atoms with van der Waals surface area (Å²) in [6.45, 7) is 10.8. The molecule has 0 amide bonds. The Morgan fingerprint density at radius 1 is 0.889 bits per heavy atom. The Bertz CT molecular complexity index is 1160. The highest BCUT2D eigenvalue weighted by atomic mass is 16.5. The molecular formula is C31H39N3O2. The molecule has 0 N–H and O–H groups in total. The van der Waals surface area contributed by atoms with Crippen molar-refractivity contribution in [1.82, 2.24) is 9.97 Å². The summed E-state index contributed by atoms with van der Waals surface area (Å²) in [6, 6.07) is 17.2. The molecule has 0 spiro atoms. The van der Waals surface area contributed by atoms with Crippen molar-refractivity contribution in [1.29, 1.82) is 0 Å². The third-order valence-electron chi connectivity index (χ3n) is 7.02. The molecule has 0 fully saturated rings. The van der Waals surface area contributed by atoms with Gasteiger partial charge in [0.2, 0.25) is 0 Å². The molecule has 190 valence electrons. The molecule has 4 rings (SSSR count). The summed E-state index contributed by atoms with van der Waals surface area (Å²) in [5.74, 6) is 1.33. The zero-order chi connectivity index (χ0) is 25.5. The second kappa shape index (κ2) is 12.2. The summed E-state index contributed by atoms with van der Waals surface area (Å²) in [6.07, 6.45) is 5.72. The highest BCUT2D eigenvalue weighted by molar-refractivity contribution is 5.80. The summed E-state index contributed by atoms with van der Waals surface area (Å²) in [7, 11) is 0. The van der Waals surface area contributed by atoms with Crippen LogP contribution in [0.25, 0.3) is 22.5 Å². The first kappa shape index (κ1) is 25.9. The number of hydrogen-bond acceptors (Lipinski definition) is 5. The van der Waals surface area contributed by atoms with Gasteiger partial charge in [-0.05, 0) is 40.0 Å². The highest BCUT2D eigenvalue weighted by Gasteiger charge is 2.27. The predicted molar refractivity (Wildman–Crippen MR) is 147 cm³/mol. The van der Waals surface area contributed by atoms with E-state index in [4.69, 9.17) is 14.7 Å². The van der Waals surface area contributed by atoms with Gasteiger partial charge in [-0.15, -0.1) is 0 Å². The van der Waals surface area contributed by atoms with Crippen LogP contribution in [0, 0.1) is 13.8 Å². The van der Waals surface area contributed by atoms with Gasteiger partial charge in [0.1, 0.15) is 0 Å². The molecule has 5 heteroatoms. The van der Waals surface area contributed by atoms with E-state index in [9.17, 15) is 4.79 Å². The van der Waals surface area contributed by atoms with Crippen molar-refractivity contribution in [3.63, 3.8) is 0 Å². The Kier molecular flexibility index (Phi) is 8.74. The van der Waals surface area contributed by atoms with Gasteiger partial charge in [-0.2, -0.15) is 0 Å². The number of esters is 1. The fraction of sp³-hybridized carbons (Fsp3) is 0.452. The van der Waals surface area contributed by atoms with E-state index < -0.39 is 0 Å². The molecule has 0 radical (unpaired) electrons. The van der Waals surface area contributed by atoms with Crippen LogP contribution in [0.1, 0.15) is 75.1 Å². The van der Waals surface area contributed by atoms with E-state index in [1.165, 1.54) is 11.1 Å². The van der Waals surface area contributed by atoms with Crippen molar-refractivity contribution in [2.24, 2.45) is 0 Å². The minimum atomic E-state index is -0.0836. The smallest absolute Gasteiger partial charge is 0.305 e. The van der Waals surface area contributed by atoms with Gasteiger partial charge in [0.25, 0.3) is 0 Å². The van der Waals surface area contributed by atoms with Crippen LogP contribution >= 0.6 is 0 Å². The summed E-state index contributed by atoms with van der Waals surface area (Å²) >= 11 is 0. The Morgan fingerprint density at radius 2 is 1.47 bits per heavy atom. The Hall–Kier alpha value is -3.21. The number of aryl methyl sites for hydroxylation is 2. The second-order valence-electron chi connectivity index (χ2n) is 10.0. The monoisotopic (exact) mass is 485 g/mol. The van der Waals surface area contributed by atoms with E-state index >= 15 is 0 Å². The molecule has 36 heavy (non-hydrogen) atoms. The van der Waals surface area contributed by atoms with Crippen LogP contribution < -0.4 is 4.90 Å². The fourth-order valence-corrected chi connectivity index (χ4v) is 4.80. The lowest BCUT2D eigenvalue weighted by atomic mass is 9.96. The average Bonchev–Trinajstić information content (AvgIpc) is 2.88. The Balaban J connectivity index is 1.57. The number of hydrogen-bond donors (Lipinski definition) is 0.